The first-order valence-electron chi connectivity index (χ1n) is 9.46. The Hall–Kier alpha value is -1.32. The van der Waals surface area contributed by atoms with Crippen molar-refractivity contribution in [2.24, 2.45) is 24.8 Å². The summed E-state index contributed by atoms with van der Waals surface area (Å²) in [5.74, 6) is 3.26. The van der Waals surface area contributed by atoms with Gasteiger partial charge < -0.3 is 4.90 Å². The van der Waals surface area contributed by atoms with Gasteiger partial charge in [0.05, 0.1) is 6.20 Å². The standard InChI is InChI=1S/C19H29N3O/c1-21-13-15(12-20-21)5-7-19(23)22-8-2-3-18(22)11-17-10-14-4-6-16(17)9-14/h12-14,16-18H,2-11H2,1H3. The van der Waals surface area contributed by atoms with Crippen molar-refractivity contribution in [3.63, 3.8) is 0 Å². The van der Waals surface area contributed by atoms with E-state index >= 15 is 0 Å². The maximum Gasteiger partial charge on any atom is 0.223 e. The summed E-state index contributed by atoms with van der Waals surface area (Å²) in [6.07, 6.45) is 14.9. The zero-order chi connectivity index (χ0) is 15.8. The number of hydrogen-bond donors (Lipinski definition) is 0. The van der Waals surface area contributed by atoms with Crippen molar-refractivity contribution in [2.45, 2.75) is 63.8 Å². The van der Waals surface area contributed by atoms with Crippen molar-refractivity contribution < 1.29 is 4.79 Å². The van der Waals surface area contributed by atoms with Crippen LogP contribution in [0.2, 0.25) is 0 Å². The summed E-state index contributed by atoms with van der Waals surface area (Å²) in [5.41, 5.74) is 1.17. The molecular formula is C19H29N3O. The van der Waals surface area contributed by atoms with E-state index in [0.29, 0.717) is 18.4 Å². The highest BCUT2D eigenvalue weighted by Gasteiger charge is 2.41. The molecule has 2 bridgehead atoms. The smallest absolute Gasteiger partial charge is 0.223 e. The molecule has 1 amide bonds. The van der Waals surface area contributed by atoms with Crippen LogP contribution in [0, 0.1) is 17.8 Å². The first-order chi connectivity index (χ1) is 11.2. The van der Waals surface area contributed by atoms with Gasteiger partial charge in [0, 0.05) is 32.3 Å². The number of carbonyl (C=O) groups is 1. The lowest BCUT2D eigenvalue weighted by Gasteiger charge is -2.30. The largest absolute Gasteiger partial charge is 0.340 e. The molecule has 4 nitrogen and oxygen atoms in total. The molecule has 1 saturated heterocycles. The minimum atomic E-state index is 0.361. The summed E-state index contributed by atoms with van der Waals surface area (Å²) in [6, 6.07) is 0.528. The Morgan fingerprint density at radius 3 is 2.91 bits per heavy atom. The van der Waals surface area contributed by atoms with Crippen LogP contribution in [-0.2, 0) is 18.3 Å². The van der Waals surface area contributed by atoms with Crippen LogP contribution in [0.3, 0.4) is 0 Å². The van der Waals surface area contributed by atoms with Crippen LogP contribution in [-0.4, -0.2) is 33.2 Å². The third kappa shape index (κ3) is 3.17. The van der Waals surface area contributed by atoms with Crippen LogP contribution in [0.1, 0.15) is 56.9 Å². The minimum Gasteiger partial charge on any atom is -0.340 e. The zero-order valence-electron chi connectivity index (χ0n) is 14.3. The number of aromatic nitrogens is 2. The Bertz CT molecular complexity index is 567. The van der Waals surface area contributed by atoms with Gasteiger partial charge in [-0.1, -0.05) is 6.42 Å². The predicted molar refractivity (Wildman–Crippen MR) is 89.8 cm³/mol. The van der Waals surface area contributed by atoms with Crippen molar-refractivity contribution in [3.05, 3.63) is 18.0 Å². The molecule has 126 valence electrons. The lowest BCUT2D eigenvalue weighted by atomic mass is 9.83. The molecule has 3 aliphatic rings. The number of fused-ring (bicyclic) bond motifs is 2. The number of rotatable bonds is 5. The fraction of sp³-hybridized carbons (Fsp3) is 0.789. The molecule has 23 heavy (non-hydrogen) atoms. The second kappa shape index (κ2) is 6.29. The van der Waals surface area contributed by atoms with E-state index in [1.165, 1.54) is 50.5 Å². The van der Waals surface area contributed by atoms with Gasteiger partial charge in [-0.05, 0) is 68.3 Å². The molecule has 0 aromatic carbocycles. The fourth-order valence-electron chi connectivity index (χ4n) is 5.42. The van der Waals surface area contributed by atoms with Crippen LogP contribution in [0.15, 0.2) is 12.4 Å². The van der Waals surface area contributed by atoms with Gasteiger partial charge in [-0.2, -0.15) is 5.10 Å². The lowest BCUT2D eigenvalue weighted by Crippen LogP contribution is -2.37. The summed E-state index contributed by atoms with van der Waals surface area (Å²) < 4.78 is 1.81. The van der Waals surface area contributed by atoms with E-state index in [-0.39, 0.29) is 0 Å². The normalized spacial score (nSPS) is 32.8. The molecule has 4 heteroatoms. The molecule has 2 heterocycles. The van der Waals surface area contributed by atoms with Crippen LogP contribution < -0.4 is 0 Å². The molecule has 0 spiro atoms. The number of carbonyl (C=O) groups excluding carboxylic acids is 1. The maximum atomic E-state index is 12.7. The Labute approximate surface area is 139 Å². The van der Waals surface area contributed by atoms with Crippen molar-refractivity contribution in [1.29, 1.82) is 0 Å². The number of likely N-dealkylation sites (tertiary alicyclic amines) is 1. The third-order valence-corrected chi connectivity index (χ3v) is 6.54. The Morgan fingerprint density at radius 1 is 1.30 bits per heavy atom. The molecule has 4 unspecified atom stereocenters. The highest BCUT2D eigenvalue weighted by Crippen LogP contribution is 2.50. The molecule has 2 saturated carbocycles. The average molecular weight is 315 g/mol. The lowest BCUT2D eigenvalue weighted by molar-refractivity contribution is -0.132. The van der Waals surface area contributed by atoms with Gasteiger partial charge >= 0.3 is 0 Å². The molecule has 1 aromatic rings. The molecule has 1 aromatic heterocycles. The van der Waals surface area contributed by atoms with Crippen molar-refractivity contribution >= 4 is 5.91 Å². The summed E-state index contributed by atoms with van der Waals surface area (Å²) >= 11 is 0. The van der Waals surface area contributed by atoms with Gasteiger partial charge in [-0.25, -0.2) is 0 Å². The van der Waals surface area contributed by atoms with E-state index in [1.54, 1.807) is 0 Å². The van der Waals surface area contributed by atoms with E-state index in [1.807, 2.05) is 24.1 Å². The molecule has 0 N–H and O–H groups in total. The third-order valence-electron chi connectivity index (χ3n) is 6.54. The summed E-state index contributed by atoms with van der Waals surface area (Å²) in [6.45, 7) is 0.983. The van der Waals surface area contributed by atoms with Crippen molar-refractivity contribution in [3.8, 4) is 0 Å². The van der Waals surface area contributed by atoms with Gasteiger partial charge in [0.15, 0.2) is 0 Å². The number of amides is 1. The van der Waals surface area contributed by atoms with Crippen LogP contribution in [0.25, 0.3) is 0 Å². The van der Waals surface area contributed by atoms with E-state index in [4.69, 9.17) is 0 Å². The van der Waals surface area contributed by atoms with Gasteiger partial charge in [0.1, 0.15) is 0 Å². The number of aryl methyl sites for hydroxylation is 2. The molecule has 4 rings (SSSR count). The zero-order valence-corrected chi connectivity index (χ0v) is 14.3. The second-order valence-electron chi connectivity index (χ2n) is 8.08. The van der Waals surface area contributed by atoms with Gasteiger partial charge in [-0.15, -0.1) is 0 Å². The van der Waals surface area contributed by atoms with Crippen LogP contribution >= 0.6 is 0 Å². The SMILES string of the molecule is Cn1cc(CCC(=O)N2CCCC2CC2CC3CCC2C3)cn1. The van der Waals surface area contributed by atoms with E-state index in [2.05, 4.69) is 10.00 Å². The molecule has 1 aliphatic heterocycles. The van der Waals surface area contributed by atoms with Crippen LogP contribution in [0.5, 0.6) is 0 Å². The Morgan fingerprint density at radius 2 is 2.22 bits per heavy atom. The molecular weight excluding hydrogens is 286 g/mol. The summed E-state index contributed by atoms with van der Waals surface area (Å²) in [5, 5.41) is 4.19. The Balaban J connectivity index is 1.31. The maximum absolute atomic E-state index is 12.7. The predicted octanol–water partition coefficient (Wildman–Crippen LogP) is 3.17. The Kier molecular flexibility index (Phi) is 4.16. The number of hydrogen-bond acceptors (Lipinski definition) is 2. The molecule has 4 atom stereocenters. The van der Waals surface area contributed by atoms with Crippen molar-refractivity contribution in [2.75, 3.05) is 6.54 Å². The van der Waals surface area contributed by atoms with Crippen molar-refractivity contribution in [1.82, 2.24) is 14.7 Å². The van der Waals surface area contributed by atoms with Gasteiger partial charge in [0.25, 0.3) is 0 Å². The highest BCUT2D eigenvalue weighted by atomic mass is 16.2. The van der Waals surface area contributed by atoms with E-state index in [9.17, 15) is 4.79 Å². The minimum absolute atomic E-state index is 0.361. The van der Waals surface area contributed by atoms with E-state index in [0.717, 1.165) is 30.7 Å². The number of nitrogens with zero attached hydrogens (tertiary/aromatic N) is 3. The second-order valence-corrected chi connectivity index (χ2v) is 8.08. The van der Waals surface area contributed by atoms with E-state index < -0.39 is 0 Å². The monoisotopic (exact) mass is 315 g/mol. The van der Waals surface area contributed by atoms with Gasteiger partial charge in [0.2, 0.25) is 5.91 Å². The van der Waals surface area contributed by atoms with Gasteiger partial charge in [-0.3, -0.25) is 9.48 Å². The fourth-order valence-corrected chi connectivity index (χ4v) is 5.42. The highest BCUT2D eigenvalue weighted by molar-refractivity contribution is 5.77. The molecule has 2 aliphatic carbocycles. The first-order valence-corrected chi connectivity index (χ1v) is 9.46. The molecule has 3 fully saturated rings. The topological polar surface area (TPSA) is 38.1 Å². The average Bonchev–Trinajstić information content (AvgIpc) is 3.29. The quantitative estimate of drug-likeness (QED) is 0.837. The van der Waals surface area contributed by atoms with Crippen LogP contribution in [0.4, 0.5) is 0 Å². The summed E-state index contributed by atoms with van der Waals surface area (Å²) in [4.78, 5) is 14.9. The molecule has 0 radical (unpaired) electrons. The first kappa shape index (κ1) is 15.2. The summed E-state index contributed by atoms with van der Waals surface area (Å²) in [7, 11) is 1.93.